The SMILES string of the molecule is CC1=C(C)CC2=C(C1)C1OC2C2C(=O)N(CCCN3CCN(c4ccccc4)CC3)C(=O)C12. The molecule has 3 fully saturated rings. The first-order valence-electron chi connectivity index (χ1n) is 12.4. The fraction of sp³-hybridized carbons (Fsp3) is 0.556. The van der Waals surface area contributed by atoms with E-state index in [-0.39, 0.29) is 35.9 Å². The van der Waals surface area contributed by atoms with Crippen molar-refractivity contribution in [2.24, 2.45) is 11.8 Å². The van der Waals surface area contributed by atoms with Gasteiger partial charge < -0.3 is 9.64 Å². The molecule has 1 aromatic carbocycles. The Bertz CT molecular complexity index is 990. The molecule has 5 aliphatic rings. The van der Waals surface area contributed by atoms with Crippen LogP contribution in [0, 0.1) is 11.8 Å². The molecule has 6 nitrogen and oxygen atoms in total. The molecule has 2 bridgehead atoms. The monoisotopic (exact) mass is 447 g/mol. The molecule has 33 heavy (non-hydrogen) atoms. The molecule has 0 N–H and O–H groups in total. The number of rotatable bonds is 5. The van der Waals surface area contributed by atoms with E-state index in [9.17, 15) is 9.59 Å². The van der Waals surface area contributed by atoms with Gasteiger partial charge in [0.25, 0.3) is 0 Å². The lowest BCUT2D eigenvalue weighted by Crippen LogP contribution is -2.47. The second-order valence-electron chi connectivity index (χ2n) is 10.3. The zero-order chi connectivity index (χ0) is 22.7. The first-order valence-corrected chi connectivity index (χ1v) is 12.4. The normalized spacial score (nSPS) is 31.7. The summed E-state index contributed by atoms with van der Waals surface area (Å²) in [6.45, 7) is 9.87. The van der Waals surface area contributed by atoms with Crippen LogP contribution in [0.5, 0.6) is 0 Å². The molecule has 3 saturated heterocycles. The molecule has 4 aliphatic heterocycles. The van der Waals surface area contributed by atoms with Crippen molar-refractivity contribution in [1.29, 1.82) is 0 Å². The molecule has 6 rings (SSSR count). The lowest BCUT2D eigenvalue weighted by molar-refractivity contribution is -0.142. The number of hydrogen-bond donors (Lipinski definition) is 0. The molecule has 6 heteroatoms. The average Bonchev–Trinajstić information content (AvgIpc) is 3.46. The van der Waals surface area contributed by atoms with Crippen LogP contribution in [0.3, 0.4) is 0 Å². The van der Waals surface area contributed by atoms with Gasteiger partial charge in [-0.25, -0.2) is 0 Å². The van der Waals surface area contributed by atoms with Gasteiger partial charge in [0.1, 0.15) is 0 Å². The number of allylic oxidation sites excluding steroid dienone is 2. The van der Waals surface area contributed by atoms with E-state index in [4.69, 9.17) is 4.74 Å². The van der Waals surface area contributed by atoms with Crippen molar-refractivity contribution in [2.45, 2.75) is 45.3 Å². The number of amides is 2. The number of anilines is 1. The Hall–Kier alpha value is -2.44. The molecule has 4 heterocycles. The van der Waals surface area contributed by atoms with Gasteiger partial charge in [-0.3, -0.25) is 19.4 Å². The van der Waals surface area contributed by atoms with Crippen LogP contribution in [0.15, 0.2) is 52.6 Å². The Labute approximate surface area is 195 Å². The summed E-state index contributed by atoms with van der Waals surface area (Å²) in [4.78, 5) is 33.0. The van der Waals surface area contributed by atoms with E-state index in [1.165, 1.54) is 28.0 Å². The van der Waals surface area contributed by atoms with Crippen LogP contribution in [0.2, 0.25) is 0 Å². The van der Waals surface area contributed by atoms with Gasteiger partial charge in [0.15, 0.2) is 0 Å². The van der Waals surface area contributed by atoms with Crippen LogP contribution in [0.25, 0.3) is 0 Å². The highest BCUT2D eigenvalue weighted by Gasteiger charge is 2.64. The maximum absolute atomic E-state index is 13.3. The van der Waals surface area contributed by atoms with E-state index >= 15 is 0 Å². The van der Waals surface area contributed by atoms with E-state index in [0.29, 0.717) is 6.54 Å². The van der Waals surface area contributed by atoms with Crippen molar-refractivity contribution >= 4 is 17.5 Å². The van der Waals surface area contributed by atoms with Crippen molar-refractivity contribution in [3.63, 3.8) is 0 Å². The number of carbonyl (C=O) groups is 2. The van der Waals surface area contributed by atoms with E-state index < -0.39 is 0 Å². The third-order valence-corrected chi connectivity index (χ3v) is 8.52. The minimum Gasteiger partial charge on any atom is -0.369 e. The molecule has 0 aromatic heterocycles. The molecule has 1 aromatic rings. The molecule has 4 unspecified atom stereocenters. The summed E-state index contributed by atoms with van der Waals surface area (Å²) < 4.78 is 6.24. The van der Waals surface area contributed by atoms with Crippen molar-refractivity contribution < 1.29 is 14.3 Å². The maximum atomic E-state index is 13.3. The number of benzene rings is 1. The van der Waals surface area contributed by atoms with Crippen molar-refractivity contribution in [3.05, 3.63) is 52.6 Å². The van der Waals surface area contributed by atoms with Crippen LogP contribution >= 0.6 is 0 Å². The van der Waals surface area contributed by atoms with E-state index in [2.05, 4.69) is 54.0 Å². The Morgan fingerprint density at radius 1 is 0.818 bits per heavy atom. The lowest BCUT2D eigenvalue weighted by Gasteiger charge is -2.36. The number of piperazine rings is 1. The Morgan fingerprint density at radius 3 is 1.97 bits per heavy atom. The highest BCUT2D eigenvalue weighted by molar-refractivity contribution is 6.07. The van der Waals surface area contributed by atoms with Crippen molar-refractivity contribution in [3.8, 4) is 0 Å². The van der Waals surface area contributed by atoms with Crippen LogP contribution < -0.4 is 4.90 Å². The van der Waals surface area contributed by atoms with Gasteiger partial charge in [0.05, 0.1) is 24.0 Å². The van der Waals surface area contributed by atoms with Gasteiger partial charge in [-0.15, -0.1) is 0 Å². The standard InChI is InChI=1S/C27H33N3O3/c1-17-15-20-21(16-18(17)2)25-23-22(24(20)33-25)26(31)30(27(23)32)10-6-9-28-11-13-29(14-12-28)19-7-4-3-5-8-19/h3-5,7-8,22-25H,6,9-16H2,1-2H3. The second-order valence-corrected chi connectivity index (χ2v) is 10.3. The van der Waals surface area contributed by atoms with Crippen LogP contribution in [-0.4, -0.2) is 73.1 Å². The molecule has 4 atom stereocenters. The fourth-order valence-electron chi connectivity index (χ4n) is 6.54. The van der Waals surface area contributed by atoms with Gasteiger partial charge in [0.2, 0.25) is 11.8 Å². The third kappa shape index (κ3) is 3.38. The smallest absolute Gasteiger partial charge is 0.236 e. The topological polar surface area (TPSA) is 53.1 Å². The largest absolute Gasteiger partial charge is 0.369 e. The zero-order valence-corrected chi connectivity index (χ0v) is 19.6. The molecular formula is C27H33N3O3. The average molecular weight is 448 g/mol. The summed E-state index contributed by atoms with van der Waals surface area (Å²) in [6.07, 6.45) is 2.30. The summed E-state index contributed by atoms with van der Waals surface area (Å²) >= 11 is 0. The molecular weight excluding hydrogens is 414 g/mol. The van der Waals surface area contributed by atoms with Crippen LogP contribution in [0.1, 0.15) is 33.1 Å². The maximum Gasteiger partial charge on any atom is 0.236 e. The van der Waals surface area contributed by atoms with Crippen molar-refractivity contribution in [2.75, 3.05) is 44.2 Å². The molecule has 174 valence electrons. The van der Waals surface area contributed by atoms with Gasteiger partial charge >= 0.3 is 0 Å². The van der Waals surface area contributed by atoms with E-state index in [1.807, 2.05) is 0 Å². The Balaban J connectivity index is 1.04. The summed E-state index contributed by atoms with van der Waals surface area (Å²) in [5.41, 5.74) is 6.66. The third-order valence-electron chi connectivity index (χ3n) is 8.52. The van der Waals surface area contributed by atoms with Gasteiger partial charge in [-0.05, 0) is 62.9 Å². The summed E-state index contributed by atoms with van der Waals surface area (Å²) in [6, 6.07) is 10.6. The van der Waals surface area contributed by atoms with E-state index in [0.717, 1.165) is 52.0 Å². The summed E-state index contributed by atoms with van der Waals surface area (Å²) in [5, 5.41) is 0. The second kappa shape index (κ2) is 8.10. The number of fused-ring (bicyclic) bond motifs is 7. The molecule has 0 radical (unpaired) electrons. The number of para-hydroxylation sites is 1. The number of carbonyl (C=O) groups excluding carboxylic acids is 2. The van der Waals surface area contributed by atoms with Gasteiger partial charge in [0, 0.05) is 38.4 Å². The molecule has 0 saturated carbocycles. The predicted octanol–water partition coefficient (Wildman–Crippen LogP) is 3.01. The van der Waals surface area contributed by atoms with Crippen molar-refractivity contribution in [1.82, 2.24) is 9.80 Å². The predicted molar refractivity (Wildman–Crippen MR) is 127 cm³/mol. The van der Waals surface area contributed by atoms with Gasteiger partial charge in [-0.1, -0.05) is 29.3 Å². The minimum atomic E-state index is -0.290. The summed E-state index contributed by atoms with van der Waals surface area (Å²) in [5.74, 6) is -0.576. The Kier molecular flexibility index (Phi) is 5.18. The minimum absolute atomic E-state index is 0.00174. The van der Waals surface area contributed by atoms with Gasteiger partial charge in [-0.2, -0.15) is 0 Å². The molecule has 1 aliphatic carbocycles. The zero-order valence-electron chi connectivity index (χ0n) is 19.6. The van der Waals surface area contributed by atoms with Crippen LogP contribution in [-0.2, 0) is 14.3 Å². The highest BCUT2D eigenvalue weighted by Crippen LogP contribution is 2.55. The lowest BCUT2D eigenvalue weighted by atomic mass is 9.71. The number of imide groups is 1. The highest BCUT2D eigenvalue weighted by atomic mass is 16.5. The van der Waals surface area contributed by atoms with Crippen LogP contribution in [0.4, 0.5) is 5.69 Å². The molecule has 2 amide bonds. The quantitative estimate of drug-likeness (QED) is 0.513. The number of nitrogens with zero attached hydrogens (tertiary/aromatic N) is 3. The number of likely N-dealkylation sites (tertiary alicyclic amines) is 1. The number of hydrogen-bond acceptors (Lipinski definition) is 5. The first kappa shape index (κ1) is 21.1. The number of ether oxygens (including phenoxy) is 1. The fourth-order valence-corrected chi connectivity index (χ4v) is 6.54. The molecule has 0 spiro atoms. The first-order chi connectivity index (χ1) is 16.0. The summed E-state index contributed by atoms with van der Waals surface area (Å²) in [7, 11) is 0. The Morgan fingerprint density at radius 2 is 1.39 bits per heavy atom. The van der Waals surface area contributed by atoms with E-state index in [1.54, 1.807) is 4.90 Å².